The van der Waals surface area contributed by atoms with Crippen molar-refractivity contribution in [2.24, 2.45) is 14.1 Å². The third-order valence-corrected chi connectivity index (χ3v) is 14.5. The van der Waals surface area contributed by atoms with Gasteiger partial charge in [-0.05, 0) is 62.3 Å². The van der Waals surface area contributed by atoms with Gasteiger partial charge in [-0.25, -0.2) is 24.7 Å². The van der Waals surface area contributed by atoms with Crippen molar-refractivity contribution in [3.05, 3.63) is 72.3 Å². The van der Waals surface area contributed by atoms with Gasteiger partial charge in [0.15, 0.2) is 11.3 Å². The predicted octanol–water partition coefficient (Wildman–Crippen LogP) is 9.63. The molecule has 8 rings (SSSR count). The zero-order valence-electron chi connectivity index (χ0n) is 41.1. The summed E-state index contributed by atoms with van der Waals surface area (Å²) in [6.07, 6.45) is 6.20. The normalized spacial score (nSPS) is 12.2. The Morgan fingerprint density at radius 1 is 0.676 bits per heavy atom. The molecule has 0 radical (unpaired) electrons. The predicted molar refractivity (Wildman–Crippen MR) is 266 cm³/mol. The maximum atomic E-state index is 13.0. The Kier molecular flexibility index (Phi) is 15.6. The summed E-state index contributed by atoms with van der Waals surface area (Å²) in [5.74, 6) is -1.41. The number of alkyl halides is 4. The van der Waals surface area contributed by atoms with E-state index in [1.807, 2.05) is 13.8 Å². The minimum Gasteiger partial charge on any atom is -0.478 e. The van der Waals surface area contributed by atoms with Crippen LogP contribution in [0.15, 0.2) is 61.2 Å². The van der Waals surface area contributed by atoms with E-state index in [2.05, 4.69) is 79.2 Å². The number of fused-ring (bicyclic) bond motifs is 4. The number of nitrogens with zero attached hydrogens (tertiary/aromatic N) is 10. The molecule has 8 aromatic rings. The van der Waals surface area contributed by atoms with Crippen LogP contribution < -0.4 is 14.8 Å². The van der Waals surface area contributed by atoms with Crippen LogP contribution in [0.25, 0.3) is 66.9 Å². The topological polar surface area (TPSA) is 200 Å². The van der Waals surface area contributed by atoms with E-state index < -0.39 is 35.3 Å². The lowest BCUT2D eigenvalue weighted by Gasteiger charge is -2.15. The van der Waals surface area contributed by atoms with Gasteiger partial charge in [0.2, 0.25) is 0 Å². The standard InChI is InChI=1S/C25H32F2N6O3Si.C22H25F2N5O4Si/c1-15(2)29-24(34)18-13-33(14-35-9-10-37(4,5)6)23-22(18)30-19(12-28-23)21-17-11-16(36-25(26)27)7-8-20(17)32(3)31-21;1-28-17-6-5-13(33-22(23)24)9-14(17)18(27-28)16-10-25-20-19(26-16)15(21(30)31)11-29(20)12-32-7-8-34(2,3)4/h7-8,11-13,15,25H,9-10,14H2,1-6H3,(H,29,34);5-6,9-11,22H,7-8,12H2,1-4H3,(H,30,31). The molecule has 0 aliphatic heterocycles. The molecule has 378 valence electrons. The molecule has 0 spiro atoms. The summed E-state index contributed by atoms with van der Waals surface area (Å²) in [5, 5.41) is 22.7. The fourth-order valence-corrected chi connectivity index (χ4v) is 9.01. The van der Waals surface area contributed by atoms with Crippen LogP contribution in [0, 0.1) is 0 Å². The molecule has 0 saturated carbocycles. The number of rotatable bonds is 19. The molecule has 6 aromatic heterocycles. The SMILES string of the molecule is CC(C)NC(=O)c1cn(COCC[Si](C)(C)C)c2ncc(-c3nn(C)c4ccc(OC(F)F)cc34)nc12.Cn1nc(-c2cnc3c(n2)c(C(=O)O)cn3COCC[Si](C)(C)C)c2cc(OC(F)F)ccc21. The minimum absolute atomic E-state index is 0.0138. The number of aromatic carboxylic acids is 1. The first-order valence-electron chi connectivity index (χ1n) is 22.7. The van der Waals surface area contributed by atoms with Gasteiger partial charge < -0.3 is 38.5 Å². The first-order valence-corrected chi connectivity index (χ1v) is 30.1. The fraction of sp³-hybridized carbons (Fsp3) is 0.404. The number of carbonyl (C=O) groups is 2. The molecule has 0 aliphatic carbocycles. The molecule has 0 atom stereocenters. The number of carbonyl (C=O) groups excluding carboxylic acids is 1. The molecular formula is C47H57F4N11O7Si2. The van der Waals surface area contributed by atoms with Crippen molar-refractivity contribution in [3.63, 3.8) is 0 Å². The van der Waals surface area contributed by atoms with Crippen LogP contribution in [0.2, 0.25) is 51.4 Å². The number of aryl methyl sites for hydroxylation is 2. The van der Waals surface area contributed by atoms with Crippen molar-refractivity contribution in [2.45, 2.75) is 97.9 Å². The van der Waals surface area contributed by atoms with Crippen molar-refractivity contribution in [1.82, 2.24) is 53.9 Å². The highest BCUT2D eigenvalue weighted by Gasteiger charge is 2.24. The highest BCUT2D eigenvalue weighted by atomic mass is 28.3. The number of benzene rings is 2. The van der Waals surface area contributed by atoms with Crippen molar-refractivity contribution in [2.75, 3.05) is 13.2 Å². The quantitative estimate of drug-likeness (QED) is 0.0441. The van der Waals surface area contributed by atoms with E-state index in [4.69, 9.17) is 14.5 Å². The number of amides is 1. The van der Waals surface area contributed by atoms with Crippen LogP contribution in [0.4, 0.5) is 17.6 Å². The number of ether oxygens (including phenoxy) is 4. The van der Waals surface area contributed by atoms with Crippen LogP contribution in [0.1, 0.15) is 34.6 Å². The Labute approximate surface area is 407 Å². The molecular weight excluding hydrogens is 963 g/mol. The number of halogens is 4. The smallest absolute Gasteiger partial charge is 0.387 e. The largest absolute Gasteiger partial charge is 0.478 e. The lowest BCUT2D eigenvalue weighted by Crippen LogP contribution is -2.30. The van der Waals surface area contributed by atoms with Crippen molar-refractivity contribution >= 4 is 72.2 Å². The minimum atomic E-state index is -2.96. The van der Waals surface area contributed by atoms with Gasteiger partial charge in [0.25, 0.3) is 5.91 Å². The molecule has 0 fully saturated rings. The summed E-state index contributed by atoms with van der Waals surface area (Å²) in [5.41, 5.74) is 4.76. The number of hydrogen-bond donors (Lipinski definition) is 2. The molecule has 18 nitrogen and oxygen atoms in total. The van der Waals surface area contributed by atoms with E-state index in [-0.39, 0.29) is 48.0 Å². The zero-order valence-corrected chi connectivity index (χ0v) is 43.1. The summed E-state index contributed by atoms with van der Waals surface area (Å²) in [6, 6.07) is 11.1. The molecule has 0 aliphatic rings. The van der Waals surface area contributed by atoms with E-state index in [9.17, 15) is 32.3 Å². The van der Waals surface area contributed by atoms with E-state index in [0.29, 0.717) is 80.2 Å². The highest BCUT2D eigenvalue weighted by Crippen LogP contribution is 2.33. The lowest BCUT2D eigenvalue weighted by molar-refractivity contribution is -0.0504. The van der Waals surface area contributed by atoms with E-state index >= 15 is 0 Å². The third kappa shape index (κ3) is 12.6. The maximum Gasteiger partial charge on any atom is 0.387 e. The van der Waals surface area contributed by atoms with Crippen LogP contribution >= 0.6 is 0 Å². The summed E-state index contributed by atoms with van der Waals surface area (Å²) < 4.78 is 78.3. The van der Waals surface area contributed by atoms with E-state index in [1.165, 1.54) is 36.7 Å². The Balaban J connectivity index is 0.000000209. The van der Waals surface area contributed by atoms with Gasteiger partial charge in [-0.1, -0.05) is 39.3 Å². The second-order valence-electron chi connectivity index (χ2n) is 19.6. The van der Waals surface area contributed by atoms with Gasteiger partial charge in [-0.2, -0.15) is 27.8 Å². The van der Waals surface area contributed by atoms with Gasteiger partial charge in [-0.3, -0.25) is 14.2 Å². The van der Waals surface area contributed by atoms with Crippen LogP contribution in [0.5, 0.6) is 11.5 Å². The number of carboxylic acid groups (broad SMARTS) is 1. The van der Waals surface area contributed by atoms with Crippen molar-refractivity contribution < 1.29 is 51.2 Å². The van der Waals surface area contributed by atoms with Crippen LogP contribution in [-0.2, 0) is 37.0 Å². The Hall–Kier alpha value is -6.77. The molecule has 0 unspecified atom stereocenters. The molecule has 6 heterocycles. The van der Waals surface area contributed by atoms with E-state index in [1.54, 1.807) is 57.1 Å². The fourth-order valence-electron chi connectivity index (χ4n) is 7.49. The second kappa shape index (κ2) is 21.3. The monoisotopic (exact) mass is 1020 g/mol. The summed E-state index contributed by atoms with van der Waals surface area (Å²) in [4.78, 5) is 43.2. The molecule has 2 aromatic carbocycles. The summed E-state index contributed by atoms with van der Waals surface area (Å²) in [6.45, 7) is 13.1. The van der Waals surface area contributed by atoms with Gasteiger partial charge in [0.1, 0.15) is 64.3 Å². The van der Waals surface area contributed by atoms with E-state index in [0.717, 1.165) is 12.1 Å². The van der Waals surface area contributed by atoms with Crippen LogP contribution in [0.3, 0.4) is 0 Å². The van der Waals surface area contributed by atoms with Gasteiger partial charge in [0.05, 0.1) is 29.0 Å². The first kappa shape index (κ1) is 52.1. The molecule has 2 N–H and O–H groups in total. The Bertz CT molecular complexity index is 3210. The van der Waals surface area contributed by atoms with Gasteiger partial charge in [-0.15, -0.1) is 0 Å². The maximum absolute atomic E-state index is 13.0. The summed E-state index contributed by atoms with van der Waals surface area (Å²) >= 11 is 0. The average molecular weight is 1020 g/mol. The Morgan fingerprint density at radius 2 is 1.10 bits per heavy atom. The van der Waals surface area contributed by atoms with Gasteiger partial charge in [0, 0.05) is 72.7 Å². The third-order valence-electron chi connectivity index (χ3n) is 11.1. The number of hydrogen-bond acceptors (Lipinski definition) is 12. The first-order chi connectivity index (χ1) is 33.5. The second-order valence-corrected chi connectivity index (χ2v) is 30.8. The molecule has 0 saturated heterocycles. The Morgan fingerprint density at radius 3 is 1.49 bits per heavy atom. The molecule has 71 heavy (non-hydrogen) atoms. The number of aromatic nitrogens is 10. The van der Waals surface area contributed by atoms with Crippen molar-refractivity contribution in [1.29, 1.82) is 0 Å². The zero-order chi connectivity index (χ0) is 51.5. The lowest BCUT2D eigenvalue weighted by atomic mass is 10.1. The van der Waals surface area contributed by atoms with Gasteiger partial charge >= 0.3 is 19.2 Å². The number of carboxylic acids is 1. The van der Waals surface area contributed by atoms with Crippen LogP contribution in [-0.4, -0.2) is 114 Å². The highest BCUT2D eigenvalue weighted by molar-refractivity contribution is 6.76. The summed E-state index contributed by atoms with van der Waals surface area (Å²) in [7, 11) is 0.961. The number of nitrogens with one attached hydrogen (secondary N) is 1. The molecule has 0 bridgehead atoms. The van der Waals surface area contributed by atoms with Crippen molar-refractivity contribution in [3.8, 4) is 34.3 Å². The molecule has 1 amide bonds. The molecule has 24 heteroatoms. The average Bonchev–Trinajstić information content (AvgIpc) is 4.02.